The Hall–Kier alpha value is -4.14. The van der Waals surface area contributed by atoms with E-state index in [0.717, 1.165) is 46.1 Å². The number of rotatable bonds is 6. The molecule has 5 rings (SSSR count). The van der Waals surface area contributed by atoms with Gasteiger partial charge in [0, 0.05) is 56.3 Å². The lowest BCUT2D eigenvalue weighted by Crippen LogP contribution is -2.41. The fourth-order valence-electron chi connectivity index (χ4n) is 5.17. The van der Waals surface area contributed by atoms with Gasteiger partial charge in [-0.2, -0.15) is 5.10 Å². The van der Waals surface area contributed by atoms with Crippen molar-refractivity contribution in [3.63, 3.8) is 0 Å². The van der Waals surface area contributed by atoms with Crippen molar-refractivity contribution < 1.29 is 14.4 Å². The monoisotopic (exact) mass is 486 g/mol. The van der Waals surface area contributed by atoms with Gasteiger partial charge in [-0.15, -0.1) is 0 Å². The number of nitrogens with zero attached hydrogens (tertiary/aromatic N) is 4. The maximum absolute atomic E-state index is 13.6. The van der Waals surface area contributed by atoms with E-state index in [0.29, 0.717) is 25.2 Å². The molecule has 0 saturated carbocycles. The van der Waals surface area contributed by atoms with Crippen LogP contribution in [0.4, 0.5) is 5.69 Å². The van der Waals surface area contributed by atoms with Gasteiger partial charge in [-0.25, -0.2) is 0 Å². The number of hydrogen-bond donors (Lipinski definition) is 2. The van der Waals surface area contributed by atoms with Crippen LogP contribution in [0.25, 0.3) is 22.0 Å². The summed E-state index contributed by atoms with van der Waals surface area (Å²) >= 11 is 0. The van der Waals surface area contributed by atoms with Gasteiger partial charge in [0.25, 0.3) is 5.91 Å². The topological polar surface area (TPSA) is 114 Å². The molecule has 0 unspecified atom stereocenters. The third kappa shape index (κ3) is 4.21. The van der Waals surface area contributed by atoms with Crippen molar-refractivity contribution >= 4 is 34.3 Å². The van der Waals surface area contributed by atoms with Gasteiger partial charge in [0.2, 0.25) is 11.8 Å². The number of nitrogens with two attached hydrogens (primary N) is 1. The molecule has 186 valence electrons. The first-order chi connectivity index (χ1) is 17.2. The van der Waals surface area contributed by atoms with Crippen molar-refractivity contribution in [2.45, 2.75) is 32.4 Å². The summed E-state index contributed by atoms with van der Waals surface area (Å²) in [5.41, 5.74) is 10.9. The number of carbonyl (C=O) groups excluding carboxylic acids is 3. The zero-order valence-corrected chi connectivity index (χ0v) is 20.6. The average Bonchev–Trinajstić information content (AvgIpc) is 3.39. The number of anilines is 1. The summed E-state index contributed by atoms with van der Waals surface area (Å²) in [7, 11) is 1.90. The molecule has 3 aromatic rings. The second-order valence-corrected chi connectivity index (χ2v) is 9.61. The Kier molecular flexibility index (Phi) is 5.99. The Morgan fingerprint density at radius 3 is 2.64 bits per heavy atom. The van der Waals surface area contributed by atoms with Crippen molar-refractivity contribution in [3.8, 4) is 11.1 Å². The molecule has 1 aromatic heterocycles. The number of hydrogen-bond acceptors (Lipinski definition) is 5. The molecule has 9 heteroatoms. The van der Waals surface area contributed by atoms with Gasteiger partial charge in [-0.1, -0.05) is 24.8 Å². The van der Waals surface area contributed by atoms with Gasteiger partial charge in [0.15, 0.2) is 0 Å². The fourth-order valence-corrected chi connectivity index (χ4v) is 5.17. The molecule has 0 aliphatic carbocycles. The van der Waals surface area contributed by atoms with Crippen LogP contribution in [0.5, 0.6) is 0 Å². The minimum Gasteiger partial charge on any atom is -0.382 e. The quantitative estimate of drug-likeness (QED) is 0.520. The minimum atomic E-state index is -0.615. The number of fused-ring (bicyclic) bond motifs is 2. The molecule has 2 aliphatic heterocycles. The van der Waals surface area contributed by atoms with Crippen LogP contribution in [0.3, 0.4) is 0 Å². The first kappa shape index (κ1) is 23.6. The summed E-state index contributed by atoms with van der Waals surface area (Å²) in [6.07, 6.45) is 3.45. The van der Waals surface area contributed by atoms with Crippen molar-refractivity contribution in [1.29, 1.82) is 0 Å². The Morgan fingerprint density at radius 1 is 1.19 bits per heavy atom. The first-order valence-corrected chi connectivity index (χ1v) is 12.1. The summed E-state index contributed by atoms with van der Waals surface area (Å²) in [5, 5.41) is 8.95. The molecule has 3 heterocycles. The molecule has 0 radical (unpaired) electrons. The molecular formula is C27H30N6O3. The van der Waals surface area contributed by atoms with Gasteiger partial charge < -0.3 is 20.9 Å². The van der Waals surface area contributed by atoms with Crippen LogP contribution in [-0.2, 0) is 23.2 Å². The van der Waals surface area contributed by atoms with Crippen molar-refractivity contribution in [2.24, 2.45) is 12.8 Å². The van der Waals surface area contributed by atoms with Gasteiger partial charge >= 0.3 is 0 Å². The summed E-state index contributed by atoms with van der Waals surface area (Å²) in [4.78, 5) is 40.4. The maximum Gasteiger partial charge on any atom is 0.256 e. The standard InChI is InChI=1S/C27H30N6O3/c1-16(26(28)35)14-33-15-22-21(18-4-5-19-13-29-31(3)24(19)12-18)6-7-23(25(22)27(33)36)30-20-8-10-32(11-9-20)17(2)34/h4-7,12-13,20,30H,1,8-11,14-15H2,2-3H3,(H2,28,35). The molecule has 1 fully saturated rings. The Morgan fingerprint density at radius 2 is 1.94 bits per heavy atom. The van der Waals surface area contributed by atoms with Crippen LogP contribution in [0, 0.1) is 0 Å². The van der Waals surface area contributed by atoms with Crippen LogP contribution in [0.15, 0.2) is 48.7 Å². The van der Waals surface area contributed by atoms with E-state index in [9.17, 15) is 14.4 Å². The Labute approximate surface area is 209 Å². The Bertz CT molecular complexity index is 1400. The highest BCUT2D eigenvalue weighted by Crippen LogP contribution is 2.39. The third-order valence-electron chi connectivity index (χ3n) is 7.25. The lowest BCUT2D eigenvalue weighted by Gasteiger charge is -2.32. The van der Waals surface area contributed by atoms with Crippen LogP contribution in [-0.4, -0.2) is 63.0 Å². The molecule has 36 heavy (non-hydrogen) atoms. The van der Waals surface area contributed by atoms with Crippen LogP contribution < -0.4 is 11.1 Å². The van der Waals surface area contributed by atoms with Crippen LogP contribution >= 0.6 is 0 Å². The number of nitrogens with one attached hydrogen (secondary N) is 1. The molecular weight excluding hydrogens is 456 g/mol. The van der Waals surface area contributed by atoms with Gasteiger partial charge in [-0.3, -0.25) is 19.1 Å². The highest BCUT2D eigenvalue weighted by atomic mass is 16.2. The molecule has 3 N–H and O–H groups in total. The lowest BCUT2D eigenvalue weighted by molar-refractivity contribution is -0.129. The molecule has 0 atom stereocenters. The predicted molar refractivity (Wildman–Crippen MR) is 138 cm³/mol. The van der Waals surface area contributed by atoms with E-state index in [1.165, 1.54) is 0 Å². The normalized spacial score (nSPS) is 15.9. The third-order valence-corrected chi connectivity index (χ3v) is 7.25. The Balaban J connectivity index is 1.51. The lowest BCUT2D eigenvalue weighted by atomic mass is 9.94. The van der Waals surface area contributed by atoms with E-state index in [1.54, 1.807) is 11.8 Å². The predicted octanol–water partition coefficient (Wildman–Crippen LogP) is 2.66. The zero-order chi connectivity index (χ0) is 25.6. The second-order valence-electron chi connectivity index (χ2n) is 9.61. The minimum absolute atomic E-state index is 0.0828. The smallest absolute Gasteiger partial charge is 0.256 e. The molecule has 1 saturated heterocycles. The highest BCUT2D eigenvalue weighted by Gasteiger charge is 2.34. The van der Waals surface area contributed by atoms with E-state index in [-0.39, 0.29) is 30.0 Å². The second kappa shape index (κ2) is 9.14. The van der Waals surface area contributed by atoms with E-state index in [1.807, 2.05) is 47.1 Å². The summed E-state index contributed by atoms with van der Waals surface area (Å²) in [6.45, 7) is 7.16. The number of primary amides is 1. The summed E-state index contributed by atoms with van der Waals surface area (Å²) < 4.78 is 1.83. The average molecular weight is 487 g/mol. The van der Waals surface area contributed by atoms with Crippen LogP contribution in [0.1, 0.15) is 35.7 Å². The largest absolute Gasteiger partial charge is 0.382 e. The number of benzene rings is 2. The van der Waals surface area contributed by atoms with Crippen molar-refractivity contribution in [1.82, 2.24) is 19.6 Å². The zero-order valence-electron chi connectivity index (χ0n) is 20.6. The van der Waals surface area contributed by atoms with E-state index in [2.05, 4.69) is 23.1 Å². The highest BCUT2D eigenvalue weighted by molar-refractivity contribution is 6.06. The maximum atomic E-state index is 13.6. The first-order valence-electron chi connectivity index (χ1n) is 12.1. The van der Waals surface area contributed by atoms with E-state index >= 15 is 0 Å². The molecule has 2 aliphatic rings. The number of aromatic nitrogens is 2. The summed E-state index contributed by atoms with van der Waals surface area (Å²) in [6, 6.07) is 10.3. The molecule has 9 nitrogen and oxygen atoms in total. The van der Waals surface area contributed by atoms with Gasteiger partial charge in [-0.05, 0) is 41.7 Å². The SMILES string of the molecule is C=C(CN1Cc2c(-c3ccc4cnn(C)c4c3)ccc(NC3CCN(C(C)=O)CC3)c2C1=O)C(N)=O. The molecule has 0 bridgehead atoms. The summed E-state index contributed by atoms with van der Waals surface area (Å²) in [5.74, 6) is -0.680. The van der Waals surface area contributed by atoms with E-state index < -0.39 is 5.91 Å². The van der Waals surface area contributed by atoms with Crippen molar-refractivity contribution in [2.75, 3.05) is 25.0 Å². The fraction of sp³-hybridized carbons (Fsp3) is 0.333. The van der Waals surface area contributed by atoms with Crippen LogP contribution in [0.2, 0.25) is 0 Å². The molecule has 2 aromatic carbocycles. The molecule has 0 spiro atoms. The number of aryl methyl sites for hydroxylation is 1. The van der Waals surface area contributed by atoms with Gasteiger partial charge in [0.05, 0.1) is 23.8 Å². The molecule has 3 amide bonds. The number of amides is 3. The number of likely N-dealkylation sites (tertiary alicyclic amines) is 1. The van der Waals surface area contributed by atoms with Gasteiger partial charge in [0.1, 0.15) is 0 Å². The van der Waals surface area contributed by atoms with E-state index in [4.69, 9.17) is 5.73 Å². The number of piperidine rings is 1. The van der Waals surface area contributed by atoms with Crippen molar-refractivity contribution in [3.05, 3.63) is 59.8 Å². The number of carbonyl (C=O) groups is 3.